The van der Waals surface area contributed by atoms with Crippen molar-refractivity contribution in [1.82, 2.24) is 4.98 Å². The molecule has 1 heterocycles. The minimum absolute atomic E-state index is 0.0844. The number of halogens is 4. The molecule has 1 aromatic heterocycles. The quantitative estimate of drug-likeness (QED) is 0.800. The highest BCUT2D eigenvalue weighted by molar-refractivity contribution is 9.10. The Morgan fingerprint density at radius 1 is 1.43 bits per heavy atom. The number of esters is 1. The molecule has 0 unspecified atom stereocenters. The van der Waals surface area contributed by atoms with Gasteiger partial charge in [0.15, 0.2) is 5.69 Å². The van der Waals surface area contributed by atoms with Gasteiger partial charge in [-0.2, -0.15) is 13.2 Å². The van der Waals surface area contributed by atoms with Gasteiger partial charge in [0.25, 0.3) is 0 Å². The summed E-state index contributed by atoms with van der Waals surface area (Å²) in [6, 6.07) is 3.17. The Labute approximate surface area is 129 Å². The first-order valence-electron chi connectivity index (χ1n) is 5.45. The molecule has 2 N–H and O–H groups in total. The number of hydrogen-bond donors (Lipinski definition) is 1. The molecule has 1 aromatic carbocycles. The van der Waals surface area contributed by atoms with Gasteiger partial charge in [-0.1, -0.05) is 27.3 Å². The highest BCUT2D eigenvalue weighted by Gasteiger charge is 2.31. The average Bonchev–Trinajstić information content (AvgIpc) is 2.79. The van der Waals surface area contributed by atoms with Gasteiger partial charge in [0.2, 0.25) is 0 Å². The number of nitrogens with two attached hydrogens (primary N) is 1. The van der Waals surface area contributed by atoms with Crippen LogP contribution in [-0.2, 0) is 10.9 Å². The van der Waals surface area contributed by atoms with Crippen LogP contribution in [-0.4, -0.2) is 18.1 Å². The highest BCUT2D eigenvalue weighted by Crippen LogP contribution is 2.38. The molecule has 4 nitrogen and oxygen atoms in total. The normalized spacial score (nSPS) is 11.5. The molecule has 2 rings (SSSR count). The van der Waals surface area contributed by atoms with Crippen molar-refractivity contribution < 1.29 is 22.7 Å². The second-order valence-corrected chi connectivity index (χ2v) is 5.80. The maximum absolute atomic E-state index is 12.8. The van der Waals surface area contributed by atoms with Gasteiger partial charge in [0, 0.05) is 10.0 Å². The number of ether oxygens (including phenoxy) is 1. The number of carbonyl (C=O) groups is 1. The maximum Gasteiger partial charge on any atom is 0.416 e. The fraction of sp³-hybridized carbons (Fsp3) is 0.167. The predicted molar refractivity (Wildman–Crippen MR) is 76.0 cm³/mol. The molecule has 0 amide bonds. The van der Waals surface area contributed by atoms with Crippen molar-refractivity contribution in [2.75, 3.05) is 12.8 Å². The lowest BCUT2D eigenvalue weighted by atomic mass is 10.1. The molecule has 0 fully saturated rings. The lowest BCUT2D eigenvalue weighted by Crippen LogP contribution is -2.05. The fourth-order valence-corrected chi connectivity index (χ4v) is 2.97. The van der Waals surface area contributed by atoms with E-state index in [1.165, 1.54) is 13.2 Å². The minimum Gasteiger partial charge on any atom is -0.464 e. The maximum atomic E-state index is 12.8. The summed E-state index contributed by atoms with van der Waals surface area (Å²) in [5, 5.41) is 0.284. The number of carbonyl (C=O) groups excluding carboxylic acids is 1. The average molecular weight is 381 g/mol. The lowest BCUT2D eigenvalue weighted by Gasteiger charge is -2.09. The highest BCUT2D eigenvalue weighted by atomic mass is 79.9. The molecule has 0 radical (unpaired) electrons. The Morgan fingerprint density at radius 2 is 2.10 bits per heavy atom. The molecule has 0 spiro atoms. The Kier molecular flexibility index (Phi) is 4.24. The van der Waals surface area contributed by atoms with Crippen LogP contribution >= 0.6 is 27.3 Å². The first kappa shape index (κ1) is 15.8. The van der Waals surface area contributed by atoms with Gasteiger partial charge >= 0.3 is 12.1 Å². The summed E-state index contributed by atoms with van der Waals surface area (Å²) in [4.78, 5) is 15.4. The summed E-state index contributed by atoms with van der Waals surface area (Å²) in [5.41, 5.74) is 4.93. The number of benzene rings is 1. The van der Waals surface area contributed by atoms with Crippen molar-refractivity contribution in [1.29, 1.82) is 0 Å². The third-order valence-electron chi connectivity index (χ3n) is 2.56. The summed E-state index contributed by atoms with van der Waals surface area (Å²) < 4.78 is 43.2. The number of nitrogens with zero attached hydrogens (tertiary/aromatic N) is 1. The molecule has 0 aliphatic heterocycles. The number of aromatic nitrogens is 1. The summed E-state index contributed by atoms with van der Waals surface area (Å²) in [7, 11) is 1.17. The smallest absolute Gasteiger partial charge is 0.416 e. The van der Waals surface area contributed by atoms with Gasteiger partial charge in [-0.3, -0.25) is 0 Å². The van der Waals surface area contributed by atoms with E-state index in [2.05, 4.69) is 25.7 Å². The molecule has 0 aliphatic carbocycles. The molecule has 0 bridgehead atoms. The number of methoxy groups -OCH3 is 1. The first-order valence-corrected chi connectivity index (χ1v) is 7.06. The van der Waals surface area contributed by atoms with E-state index >= 15 is 0 Å². The van der Waals surface area contributed by atoms with Crippen molar-refractivity contribution in [3.05, 3.63) is 33.9 Å². The zero-order valence-corrected chi connectivity index (χ0v) is 12.9. The van der Waals surface area contributed by atoms with Gasteiger partial charge in [-0.25, -0.2) is 9.78 Å². The van der Waals surface area contributed by atoms with Gasteiger partial charge in [0.1, 0.15) is 10.0 Å². The van der Waals surface area contributed by atoms with Crippen molar-refractivity contribution in [3.8, 4) is 10.6 Å². The van der Waals surface area contributed by atoms with E-state index in [-0.39, 0.29) is 21.3 Å². The lowest BCUT2D eigenvalue weighted by molar-refractivity contribution is -0.137. The van der Waals surface area contributed by atoms with Crippen LogP contribution in [0.15, 0.2) is 22.7 Å². The Balaban J connectivity index is 2.54. The number of anilines is 1. The monoisotopic (exact) mass is 380 g/mol. The summed E-state index contributed by atoms with van der Waals surface area (Å²) in [6.45, 7) is 0. The fourth-order valence-electron chi connectivity index (χ4n) is 1.56. The Bertz CT molecular complexity index is 700. The van der Waals surface area contributed by atoms with Crippen LogP contribution in [0.2, 0.25) is 0 Å². The summed E-state index contributed by atoms with van der Waals surface area (Å²) >= 11 is 4.08. The molecule has 0 saturated heterocycles. The molecule has 9 heteroatoms. The zero-order chi connectivity index (χ0) is 15.8. The van der Waals surface area contributed by atoms with Gasteiger partial charge < -0.3 is 10.5 Å². The Hall–Kier alpha value is -1.61. The van der Waals surface area contributed by atoms with E-state index in [0.717, 1.165) is 23.5 Å². The van der Waals surface area contributed by atoms with Crippen molar-refractivity contribution in [2.45, 2.75) is 6.18 Å². The van der Waals surface area contributed by atoms with Crippen molar-refractivity contribution in [3.63, 3.8) is 0 Å². The predicted octanol–water partition coefficient (Wildman–Crippen LogP) is 3.96. The number of nitrogen functional groups attached to an aromatic ring is 1. The van der Waals surface area contributed by atoms with Crippen LogP contribution in [0.1, 0.15) is 16.1 Å². The van der Waals surface area contributed by atoms with E-state index in [1.807, 2.05) is 0 Å². The molecular weight excluding hydrogens is 373 g/mol. The zero-order valence-electron chi connectivity index (χ0n) is 10.5. The molecule has 2 aromatic rings. The van der Waals surface area contributed by atoms with Crippen LogP contribution in [0, 0.1) is 0 Å². The van der Waals surface area contributed by atoms with E-state index < -0.39 is 17.7 Å². The third-order valence-corrected chi connectivity index (χ3v) is 4.17. The first-order chi connectivity index (χ1) is 9.74. The van der Waals surface area contributed by atoms with E-state index in [1.54, 1.807) is 0 Å². The second-order valence-electron chi connectivity index (χ2n) is 3.92. The van der Waals surface area contributed by atoms with E-state index in [4.69, 9.17) is 5.73 Å². The van der Waals surface area contributed by atoms with Crippen molar-refractivity contribution in [2.24, 2.45) is 0 Å². The number of thiazole rings is 1. The van der Waals surface area contributed by atoms with E-state index in [9.17, 15) is 18.0 Å². The molecule has 0 aliphatic rings. The van der Waals surface area contributed by atoms with Crippen LogP contribution < -0.4 is 5.73 Å². The van der Waals surface area contributed by atoms with Gasteiger partial charge in [-0.15, -0.1) is 0 Å². The van der Waals surface area contributed by atoms with Crippen LogP contribution in [0.25, 0.3) is 10.6 Å². The molecule has 112 valence electrons. The third kappa shape index (κ3) is 3.18. The number of rotatable bonds is 2. The van der Waals surface area contributed by atoms with Gasteiger partial charge in [-0.05, 0) is 18.2 Å². The van der Waals surface area contributed by atoms with Crippen LogP contribution in [0.5, 0.6) is 0 Å². The van der Waals surface area contributed by atoms with Crippen LogP contribution in [0.4, 0.5) is 18.2 Å². The minimum atomic E-state index is -4.47. The van der Waals surface area contributed by atoms with Crippen molar-refractivity contribution >= 4 is 38.2 Å². The largest absolute Gasteiger partial charge is 0.464 e. The summed E-state index contributed by atoms with van der Waals surface area (Å²) in [6.07, 6.45) is -4.47. The van der Waals surface area contributed by atoms with Gasteiger partial charge in [0.05, 0.1) is 12.7 Å². The molecule has 21 heavy (non-hydrogen) atoms. The SMILES string of the molecule is COC(=O)c1nc(-c2cc(C(F)(F)F)ccc2Br)sc1N. The molecule has 0 saturated carbocycles. The Morgan fingerprint density at radius 3 is 2.67 bits per heavy atom. The summed E-state index contributed by atoms with van der Waals surface area (Å²) in [5.74, 6) is -0.738. The number of hydrogen-bond acceptors (Lipinski definition) is 5. The standard InChI is InChI=1S/C12H8BrF3N2O2S/c1-20-11(19)8-9(17)21-10(18-8)6-4-5(12(14,15)16)2-3-7(6)13/h2-4H,17H2,1H3. The van der Waals surface area contributed by atoms with Crippen LogP contribution in [0.3, 0.4) is 0 Å². The number of alkyl halides is 3. The second kappa shape index (κ2) is 5.64. The molecule has 0 atom stereocenters. The topological polar surface area (TPSA) is 65.2 Å². The van der Waals surface area contributed by atoms with E-state index in [0.29, 0.717) is 4.47 Å². The molecular formula is C12H8BrF3N2O2S.